The predicted octanol–water partition coefficient (Wildman–Crippen LogP) is 3.84. The maximum atomic E-state index is 14.1. The number of hydrogen-bond donors (Lipinski definition) is 0. The number of hydrogen-bond acceptors (Lipinski definition) is 2. The Kier molecular flexibility index (Phi) is 3.53. The van der Waals surface area contributed by atoms with Crippen molar-refractivity contribution < 1.29 is 13.9 Å². The van der Waals surface area contributed by atoms with Crippen LogP contribution in [0.4, 0.5) is 4.39 Å². The second-order valence-electron chi connectivity index (χ2n) is 5.31. The molecule has 21 heavy (non-hydrogen) atoms. The van der Waals surface area contributed by atoms with Crippen molar-refractivity contribution >= 4 is 5.78 Å². The van der Waals surface area contributed by atoms with Crippen LogP contribution in [0.5, 0.6) is 5.75 Å². The number of aromatic nitrogens is 1. The molecule has 1 aromatic carbocycles. The number of Topliss-reactive ketones (excluding diaryl/α,β-unsaturated/α-hetero) is 1. The summed E-state index contributed by atoms with van der Waals surface area (Å²) >= 11 is 0. The number of rotatable bonds is 3. The Labute approximate surface area is 123 Å². The topological polar surface area (TPSA) is 31.2 Å². The van der Waals surface area contributed by atoms with Crippen LogP contribution in [0.3, 0.4) is 0 Å². The van der Waals surface area contributed by atoms with E-state index in [2.05, 4.69) is 0 Å². The van der Waals surface area contributed by atoms with E-state index >= 15 is 0 Å². The Hall–Kier alpha value is -2.10. The van der Waals surface area contributed by atoms with Gasteiger partial charge >= 0.3 is 0 Å². The maximum Gasteiger partial charge on any atom is 0.167 e. The highest BCUT2D eigenvalue weighted by molar-refractivity contribution is 5.98. The summed E-state index contributed by atoms with van der Waals surface area (Å²) in [6.07, 6.45) is 2.31. The molecule has 3 nitrogen and oxygen atoms in total. The number of benzene rings is 1. The van der Waals surface area contributed by atoms with Gasteiger partial charge in [0.05, 0.1) is 6.61 Å². The average molecular weight is 287 g/mol. The molecule has 0 saturated heterocycles. The van der Waals surface area contributed by atoms with Crippen LogP contribution in [0.25, 0.3) is 5.69 Å². The molecule has 0 fully saturated rings. The third-order valence-electron chi connectivity index (χ3n) is 3.88. The van der Waals surface area contributed by atoms with E-state index < -0.39 is 0 Å². The molecule has 0 bridgehead atoms. The van der Waals surface area contributed by atoms with Gasteiger partial charge in [-0.25, -0.2) is 4.39 Å². The lowest BCUT2D eigenvalue weighted by atomic mass is 9.96. The fourth-order valence-electron chi connectivity index (χ4n) is 2.99. The van der Waals surface area contributed by atoms with Crippen LogP contribution in [-0.2, 0) is 6.42 Å². The number of halogens is 1. The molecule has 1 heterocycles. The van der Waals surface area contributed by atoms with Gasteiger partial charge in [-0.1, -0.05) is 0 Å². The Morgan fingerprint density at radius 1 is 1.29 bits per heavy atom. The van der Waals surface area contributed by atoms with E-state index in [-0.39, 0.29) is 17.3 Å². The minimum Gasteiger partial charge on any atom is -0.491 e. The third kappa shape index (κ3) is 2.35. The van der Waals surface area contributed by atoms with Crippen molar-refractivity contribution in [3.8, 4) is 11.4 Å². The van der Waals surface area contributed by atoms with Gasteiger partial charge in [0.15, 0.2) is 17.3 Å². The summed E-state index contributed by atoms with van der Waals surface area (Å²) < 4.78 is 21.3. The van der Waals surface area contributed by atoms with Gasteiger partial charge < -0.3 is 9.30 Å². The summed E-state index contributed by atoms with van der Waals surface area (Å²) in [4.78, 5) is 12.0. The fourth-order valence-corrected chi connectivity index (χ4v) is 2.99. The Morgan fingerprint density at radius 3 is 2.81 bits per heavy atom. The van der Waals surface area contributed by atoms with Crippen LogP contribution in [0.1, 0.15) is 41.5 Å². The summed E-state index contributed by atoms with van der Waals surface area (Å²) in [6.45, 7) is 4.20. The molecule has 0 spiro atoms. The first-order valence-corrected chi connectivity index (χ1v) is 7.29. The van der Waals surface area contributed by atoms with Crippen molar-refractivity contribution in [2.45, 2.75) is 33.1 Å². The summed E-state index contributed by atoms with van der Waals surface area (Å²) in [5.74, 6) is 0.0684. The lowest BCUT2D eigenvalue weighted by Crippen LogP contribution is -2.12. The molecule has 0 saturated carbocycles. The first-order valence-electron chi connectivity index (χ1n) is 7.29. The smallest absolute Gasteiger partial charge is 0.167 e. The van der Waals surface area contributed by atoms with E-state index in [9.17, 15) is 9.18 Å². The molecule has 2 aromatic rings. The second kappa shape index (κ2) is 5.35. The summed E-state index contributed by atoms with van der Waals surface area (Å²) in [5, 5.41) is 0. The number of fused-ring (bicyclic) bond motifs is 1. The van der Waals surface area contributed by atoms with Gasteiger partial charge in [0.25, 0.3) is 0 Å². The number of carbonyl (C=O) groups is 1. The standard InChI is InChI=1S/C17H18FNO2/c1-3-21-17-8-7-12(10-14(17)18)19-11(2)9-13-15(19)5-4-6-16(13)20/h7-10H,3-6H2,1-2H3. The molecule has 110 valence electrons. The highest BCUT2D eigenvalue weighted by atomic mass is 19.1. The molecule has 3 rings (SSSR count). The molecule has 4 heteroatoms. The van der Waals surface area contributed by atoms with Gasteiger partial charge in [0, 0.05) is 35.1 Å². The molecule has 0 unspecified atom stereocenters. The van der Waals surface area contributed by atoms with E-state index in [1.54, 1.807) is 6.07 Å². The maximum absolute atomic E-state index is 14.1. The Morgan fingerprint density at radius 2 is 2.10 bits per heavy atom. The normalized spacial score (nSPS) is 14.1. The zero-order valence-electron chi connectivity index (χ0n) is 12.3. The first kappa shape index (κ1) is 13.9. The van der Waals surface area contributed by atoms with Crippen molar-refractivity contribution in [3.63, 3.8) is 0 Å². The third-order valence-corrected chi connectivity index (χ3v) is 3.88. The Bertz CT molecular complexity index is 703. The largest absolute Gasteiger partial charge is 0.491 e. The van der Waals surface area contributed by atoms with Gasteiger partial charge in [0.1, 0.15) is 0 Å². The zero-order valence-corrected chi connectivity index (χ0v) is 12.3. The summed E-state index contributed by atoms with van der Waals surface area (Å²) in [5.41, 5.74) is 3.48. The molecule has 1 aliphatic rings. The van der Waals surface area contributed by atoms with Crippen molar-refractivity contribution in [2.75, 3.05) is 6.61 Å². The summed E-state index contributed by atoms with van der Waals surface area (Å²) in [7, 11) is 0. The zero-order chi connectivity index (χ0) is 15.0. The van der Waals surface area contributed by atoms with E-state index in [4.69, 9.17) is 4.74 Å². The van der Waals surface area contributed by atoms with Crippen LogP contribution in [-0.4, -0.2) is 17.0 Å². The van der Waals surface area contributed by atoms with Crippen LogP contribution < -0.4 is 4.74 Å². The molecule has 0 atom stereocenters. The molecule has 0 amide bonds. The van der Waals surface area contributed by atoms with Crippen LogP contribution >= 0.6 is 0 Å². The second-order valence-corrected chi connectivity index (χ2v) is 5.31. The molecule has 0 radical (unpaired) electrons. The number of nitrogens with zero attached hydrogens (tertiary/aromatic N) is 1. The molecule has 1 aromatic heterocycles. The molecule has 0 aliphatic heterocycles. The van der Waals surface area contributed by atoms with Crippen molar-refractivity contribution in [1.82, 2.24) is 4.57 Å². The van der Waals surface area contributed by atoms with Crippen molar-refractivity contribution in [2.24, 2.45) is 0 Å². The Balaban J connectivity index is 2.09. The van der Waals surface area contributed by atoms with Crippen LogP contribution in [0.2, 0.25) is 0 Å². The van der Waals surface area contributed by atoms with Crippen LogP contribution in [0, 0.1) is 12.7 Å². The van der Waals surface area contributed by atoms with Crippen molar-refractivity contribution in [1.29, 1.82) is 0 Å². The number of carbonyl (C=O) groups excluding carboxylic acids is 1. The molecule has 1 aliphatic carbocycles. The summed E-state index contributed by atoms with van der Waals surface area (Å²) in [6, 6.07) is 6.85. The highest BCUT2D eigenvalue weighted by Crippen LogP contribution is 2.29. The number of aryl methyl sites for hydroxylation is 1. The predicted molar refractivity (Wildman–Crippen MR) is 78.9 cm³/mol. The van der Waals surface area contributed by atoms with E-state index in [0.717, 1.165) is 35.5 Å². The monoisotopic (exact) mass is 287 g/mol. The fraction of sp³-hybridized carbons (Fsp3) is 0.353. The minimum absolute atomic E-state index is 0.185. The molecular weight excluding hydrogens is 269 g/mol. The van der Waals surface area contributed by atoms with E-state index in [0.29, 0.717) is 13.0 Å². The SMILES string of the molecule is CCOc1ccc(-n2c(C)cc3c2CCCC3=O)cc1F. The first-order chi connectivity index (χ1) is 10.1. The van der Waals surface area contributed by atoms with Gasteiger partial charge in [-0.05, 0) is 44.9 Å². The van der Waals surface area contributed by atoms with Gasteiger partial charge in [-0.3, -0.25) is 4.79 Å². The lowest BCUT2D eigenvalue weighted by Gasteiger charge is -2.16. The average Bonchev–Trinajstić information content (AvgIpc) is 2.79. The van der Waals surface area contributed by atoms with Gasteiger partial charge in [-0.15, -0.1) is 0 Å². The van der Waals surface area contributed by atoms with Gasteiger partial charge in [-0.2, -0.15) is 0 Å². The number of ketones is 1. The van der Waals surface area contributed by atoms with Crippen LogP contribution in [0.15, 0.2) is 24.3 Å². The number of ether oxygens (including phenoxy) is 1. The van der Waals surface area contributed by atoms with Gasteiger partial charge in [0.2, 0.25) is 0 Å². The lowest BCUT2D eigenvalue weighted by molar-refractivity contribution is 0.0972. The highest BCUT2D eigenvalue weighted by Gasteiger charge is 2.23. The van der Waals surface area contributed by atoms with E-state index in [1.807, 2.05) is 30.5 Å². The minimum atomic E-state index is -0.377. The van der Waals surface area contributed by atoms with E-state index in [1.165, 1.54) is 6.07 Å². The quantitative estimate of drug-likeness (QED) is 0.858. The molecular formula is C17H18FNO2. The molecule has 0 N–H and O–H groups in total. The van der Waals surface area contributed by atoms with Crippen molar-refractivity contribution in [3.05, 3.63) is 47.0 Å².